The molecule has 0 unspecified atom stereocenters. The highest BCUT2D eigenvalue weighted by Gasteiger charge is 2.03. The number of ether oxygens (including phenoxy) is 2. The molecule has 1 heterocycles. The third-order valence-electron chi connectivity index (χ3n) is 2.73. The quantitative estimate of drug-likeness (QED) is 0.658. The standard InChI is InChI=1S/C14H25N3O2/c1-4-6-7-18-8-9-19-14-16-11-13(10-15-5-2)12(3)17-14/h11,15H,4-10H2,1-3H3. The molecule has 1 rings (SSSR count). The predicted octanol–water partition coefficient (Wildman–Crippen LogP) is 2.09. The van der Waals surface area contributed by atoms with Crippen molar-refractivity contribution in [3.63, 3.8) is 0 Å². The van der Waals surface area contributed by atoms with Crippen LogP contribution in [0.5, 0.6) is 6.01 Å². The zero-order valence-corrected chi connectivity index (χ0v) is 12.2. The lowest BCUT2D eigenvalue weighted by molar-refractivity contribution is 0.0946. The maximum Gasteiger partial charge on any atom is 0.316 e. The highest BCUT2D eigenvalue weighted by atomic mass is 16.5. The van der Waals surface area contributed by atoms with Gasteiger partial charge in [-0.25, -0.2) is 9.97 Å². The summed E-state index contributed by atoms with van der Waals surface area (Å²) in [5, 5.41) is 3.26. The van der Waals surface area contributed by atoms with E-state index in [-0.39, 0.29) is 0 Å². The van der Waals surface area contributed by atoms with Crippen LogP contribution in [0.15, 0.2) is 6.20 Å². The second-order valence-corrected chi connectivity index (χ2v) is 4.36. The summed E-state index contributed by atoms with van der Waals surface area (Å²) >= 11 is 0. The first kappa shape index (κ1) is 15.9. The zero-order chi connectivity index (χ0) is 13.9. The molecule has 0 aliphatic rings. The first-order valence-electron chi connectivity index (χ1n) is 7.01. The van der Waals surface area contributed by atoms with Crippen LogP contribution in [0.3, 0.4) is 0 Å². The molecule has 0 bridgehead atoms. The van der Waals surface area contributed by atoms with Crippen LogP contribution in [-0.4, -0.2) is 36.3 Å². The molecular formula is C14H25N3O2. The van der Waals surface area contributed by atoms with Crippen LogP contribution in [-0.2, 0) is 11.3 Å². The van der Waals surface area contributed by atoms with Gasteiger partial charge in [0.25, 0.3) is 0 Å². The zero-order valence-electron chi connectivity index (χ0n) is 12.2. The van der Waals surface area contributed by atoms with Gasteiger partial charge in [-0.15, -0.1) is 0 Å². The average molecular weight is 267 g/mol. The Morgan fingerprint density at radius 2 is 2.05 bits per heavy atom. The minimum absolute atomic E-state index is 0.428. The second kappa shape index (κ2) is 9.69. The fourth-order valence-electron chi connectivity index (χ4n) is 1.51. The molecule has 0 aromatic carbocycles. The Hall–Kier alpha value is -1.20. The molecule has 0 spiro atoms. The molecule has 0 atom stereocenters. The smallest absolute Gasteiger partial charge is 0.316 e. The van der Waals surface area contributed by atoms with Gasteiger partial charge in [0.1, 0.15) is 6.61 Å². The highest BCUT2D eigenvalue weighted by molar-refractivity contribution is 5.17. The average Bonchev–Trinajstić information content (AvgIpc) is 2.42. The molecule has 19 heavy (non-hydrogen) atoms. The van der Waals surface area contributed by atoms with Gasteiger partial charge < -0.3 is 14.8 Å². The Kier molecular flexibility index (Phi) is 8.09. The Labute approximate surface area is 115 Å². The lowest BCUT2D eigenvalue weighted by Gasteiger charge is -2.08. The minimum atomic E-state index is 0.428. The van der Waals surface area contributed by atoms with Crippen LogP contribution < -0.4 is 10.1 Å². The van der Waals surface area contributed by atoms with Gasteiger partial charge in [-0.3, -0.25) is 0 Å². The highest BCUT2D eigenvalue weighted by Crippen LogP contribution is 2.08. The van der Waals surface area contributed by atoms with Gasteiger partial charge >= 0.3 is 6.01 Å². The van der Waals surface area contributed by atoms with Crippen molar-refractivity contribution in [2.45, 2.75) is 40.2 Å². The molecule has 0 saturated heterocycles. The third kappa shape index (κ3) is 6.50. The maximum absolute atomic E-state index is 5.46. The molecule has 0 fully saturated rings. The van der Waals surface area contributed by atoms with Crippen molar-refractivity contribution in [2.24, 2.45) is 0 Å². The van der Waals surface area contributed by atoms with E-state index >= 15 is 0 Å². The number of rotatable bonds is 10. The minimum Gasteiger partial charge on any atom is -0.461 e. The van der Waals surface area contributed by atoms with Crippen LogP contribution in [0.25, 0.3) is 0 Å². The lowest BCUT2D eigenvalue weighted by atomic mass is 10.2. The molecule has 1 N–H and O–H groups in total. The fourth-order valence-corrected chi connectivity index (χ4v) is 1.51. The van der Waals surface area contributed by atoms with Crippen LogP contribution in [0.1, 0.15) is 37.9 Å². The van der Waals surface area contributed by atoms with Crippen molar-refractivity contribution in [2.75, 3.05) is 26.4 Å². The fraction of sp³-hybridized carbons (Fsp3) is 0.714. The van der Waals surface area contributed by atoms with E-state index in [1.54, 1.807) is 0 Å². The van der Waals surface area contributed by atoms with Gasteiger partial charge in [0, 0.05) is 30.6 Å². The van der Waals surface area contributed by atoms with Crippen LogP contribution in [0.2, 0.25) is 0 Å². The summed E-state index contributed by atoms with van der Waals surface area (Å²) in [7, 11) is 0. The molecule has 1 aromatic heterocycles. The van der Waals surface area contributed by atoms with Gasteiger partial charge in [-0.1, -0.05) is 20.3 Å². The molecule has 0 aliphatic heterocycles. The molecule has 108 valence electrons. The Morgan fingerprint density at radius 1 is 1.21 bits per heavy atom. The van der Waals surface area contributed by atoms with Crippen molar-refractivity contribution < 1.29 is 9.47 Å². The molecule has 5 nitrogen and oxygen atoms in total. The summed E-state index contributed by atoms with van der Waals surface area (Å²) in [6.45, 7) is 9.80. The largest absolute Gasteiger partial charge is 0.461 e. The predicted molar refractivity (Wildman–Crippen MR) is 75.4 cm³/mol. The van der Waals surface area contributed by atoms with E-state index in [4.69, 9.17) is 9.47 Å². The summed E-state index contributed by atoms with van der Waals surface area (Å²) in [4.78, 5) is 8.53. The number of aryl methyl sites for hydroxylation is 1. The second-order valence-electron chi connectivity index (χ2n) is 4.36. The van der Waals surface area contributed by atoms with Crippen LogP contribution >= 0.6 is 0 Å². The van der Waals surface area contributed by atoms with E-state index in [1.807, 2.05) is 13.1 Å². The summed E-state index contributed by atoms with van der Waals surface area (Å²) in [5.74, 6) is 0. The first-order chi connectivity index (χ1) is 9.27. The number of nitrogens with one attached hydrogen (secondary N) is 1. The van der Waals surface area contributed by atoms with E-state index in [0.717, 1.165) is 43.8 Å². The maximum atomic E-state index is 5.46. The van der Waals surface area contributed by atoms with Crippen molar-refractivity contribution in [3.05, 3.63) is 17.5 Å². The normalized spacial score (nSPS) is 10.7. The number of hydrogen-bond donors (Lipinski definition) is 1. The Bertz CT molecular complexity index is 359. The number of nitrogens with zero attached hydrogens (tertiary/aromatic N) is 2. The molecule has 0 saturated carbocycles. The molecule has 5 heteroatoms. The van der Waals surface area contributed by atoms with Gasteiger partial charge in [0.05, 0.1) is 6.61 Å². The van der Waals surface area contributed by atoms with Gasteiger partial charge in [-0.2, -0.15) is 0 Å². The summed E-state index contributed by atoms with van der Waals surface area (Å²) in [6, 6.07) is 0.428. The Balaban J connectivity index is 2.29. The van der Waals surface area contributed by atoms with E-state index in [2.05, 4.69) is 29.1 Å². The van der Waals surface area contributed by atoms with Crippen LogP contribution in [0.4, 0.5) is 0 Å². The molecule has 0 aliphatic carbocycles. The van der Waals surface area contributed by atoms with Crippen molar-refractivity contribution >= 4 is 0 Å². The first-order valence-corrected chi connectivity index (χ1v) is 7.01. The topological polar surface area (TPSA) is 56.3 Å². The number of hydrogen-bond acceptors (Lipinski definition) is 5. The number of aromatic nitrogens is 2. The van der Waals surface area contributed by atoms with E-state index in [1.165, 1.54) is 0 Å². The summed E-state index contributed by atoms with van der Waals surface area (Å²) in [5.41, 5.74) is 2.06. The monoisotopic (exact) mass is 267 g/mol. The van der Waals surface area contributed by atoms with E-state index < -0.39 is 0 Å². The van der Waals surface area contributed by atoms with Crippen molar-refractivity contribution in [1.29, 1.82) is 0 Å². The molecule has 0 amide bonds. The van der Waals surface area contributed by atoms with Crippen molar-refractivity contribution in [3.8, 4) is 6.01 Å². The summed E-state index contributed by atoms with van der Waals surface area (Å²) in [6.07, 6.45) is 4.06. The van der Waals surface area contributed by atoms with Crippen LogP contribution in [0, 0.1) is 6.92 Å². The molecular weight excluding hydrogens is 242 g/mol. The summed E-state index contributed by atoms with van der Waals surface area (Å²) < 4.78 is 10.9. The SMILES string of the molecule is CCCCOCCOc1ncc(CNCC)c(C)n1. The lowest BCUT2D eigenvalue weighted by Crippen LogP contribution is -2.14. The Morgan fingerprint density at radius 3 is 2.74 bits per heavy atom. The van der Waals surface area contributed by atoms with Gasteiger partial charge in [0.2, 0.25) is 0 Å². The number of unbranched alkanes of at least 4 members (excludes halogenated alkanes) is 1. The molecule has 0 radical (unpaired) electrons. The van der Waals surface area contributed by atoms with Crippen molar-refractivity contribution in [1.82, 2.24) is 15.3 Å². The molecule has 1 aromatic rings. The van der Waals surface area contributed by atoms with E-state index in [9.17, 15) is 0 Å². The van der Waals surface area contributed by atoms with Gasteiger partial charge in [0.15, 0.2) is 0 Å². The van der Waals surface area contributed by atoms with E-state index in [0.29, 0.717) is 19.2 Å². The third-order valence-corrected chi connectivity index (χ3v) is 2.73. The van der Waals surface area contributed by atoms with Gasteiger partial charge in [-0.05, 0) is 19.9 Å².